The van der Waals surface area contributed by atoms with Crippen molar-refractivity contribution in [2.75, 3.05) is 57.7 Å². The number of carboxylic acids is 2. The Kier molecular flexibility index (Phi) is 37.0. The van der Waals surface area contributed by atoms with Crippen LogP contribution in [-0.2, 0) is 76.0 Å². The third-order valence-electron chi connectivity index (χ3n) is 7.94. The molecule has 1 radical (unpaired) electrons. The van der Waals surface area contributed by atoms with Crippen LogP contribution in [0.25, 0.3) is 0 Å². The average Bonchev–Trinajstić information content (AvgIpc) is 3.24. The molecule has 325 valence electrons. The monoisotopic (exact) mass is 1030 g/mol. The van der Waals surface area contributed by atoms with Crippen LogP contribution in [0.2, 0.25) is 0 Å². The first kappa shape index (κ1) is 57.5. The van der Waals surface area contributed by atoms with Crippen LogP contribution in [0.15, 0.2) is 78.0 Å². The number of aromatic nitrogens is 2. The molecule has 0 atom stereocenters. The summed E-state index contributed by atoms with van der Waals surface area (Å²) in [7, 11) is 0. The number of hydrogen-bond donors (Lipinski definition) is 5. The Balaban J connectivity index is 0. The molecule has 2 aromatic heterocycles. The van der Waals surface area contributed by atoms with Crippen LogP contribution in [-0.4, -0.2) is 111 Å². The summed E-state index contributed by atoms with van der Waals surface area (Å²) >= 11 is 0.881. The number of carboxylic acid groups (broad SMARTS) is 2. The zero-order valence-corrected chi connectivity index (χ0v) is 36.4. The summed E-state index contributed by atoms with van der Waals surface area (Å²) in [5, 5.41) is 24.3. The van der Waals surface area contributed by atoms with Gasteiger partial charge in [-0.2, -0.15) is 5.90 Å². The number of aliphatic carboxylic acids is 2. The maximum absolute atomic E-state index is 12.7. The van der Waals surface area contributed by atoms with Gasteiger partial charge in [0.2, 0.25) is 11.8 Å². The number of rotatable bonds is 28. The van der Waals surface area contributed by atoms with Crippen molar-refractivity contribution in [3.63, 3.8) is 0 Å². The van der Waals surface area contributed by atoms with E-state index in [1.54, 1.807) is 24.3 Å². The first-order valence-electron chi connectivity index (χ1n) is 18.1. The molecule has 0 aliphatic carbocycles. The van der Waals surface area contributed by atoms with Gasteiger partial charge in [-0.25, -0.2) is 0 Å². The number of benzene rings is 1. The minimum Gasteiger partial charge on any atom is 0 e. The molecular formula is C39H50N8O11ReS. The Hall–Kier alpha value is -4.61. The summed E-state index contributed by atoms with van der Waals surface area (Å²) in [5.74, 6) is 1.77. The molecule has 19 nitrogen and oxygen atoms in total. The molecule has 2 heterocycles. The van der Waals surface area contributed by atoms with E-state index in [1.165, 1.54) is 9.80 Å². The molecule has 0 aliphatic heterocycles. The molecule has 0 unspecified atom stereocenters. The van der Waals surface area contributed by atoms with E-state index < -0.39 is 30.9 Å². The van der Waals surface area contributed by atoms with Crippen molar-refractivity contribution in [1.29, 1.82) is 0 Å². The molecular weight excluding hydrogens is 975 g/mol. The number of carbonyl (C=O) groups excluding carboxylic acids is 2. The van der Waals surface area contributed by atoms with Gasteiger partial charge in [-0.1, -0.05) is 37.8 Å². The summed E-state index contributed by atoms with van der Waals surface area (Å²) in [6.07, 6.45) is 9.65. The fourth-order valence-electron chi connectivity index (χ4n) is 5.46. The molecule has 0 saturated carbocycles. The SMILES string of the molecule is NOOSc1ccc(NC(=O)CN(CCN(CC(=O)O)CC(=O)NCCCCCCCCN(Cc2ccccn2)Cc2ccccn2)CC(=O)O)cc1.[C-]#[O+].[C-]#[O+].[C-]#[O+].[Re]. The summed E-state index contributed by atoms with van der Waals surface area (Å²) in [4.78, 5) is 67.2. The normalized spacial score (nSPS) is 10.0. The number of anilines is 1. The quantitative estimate of drug-likeness (QED) is 0.0175. The van der Waals surface area contributed by atoms with Crippen LogP contribution < -0.4 is 16.5 Å². The van der Waals surface area contributed by atoms with E-state index in [0.29, 0.717) is 17.1 Å². The third-order valence-corrected chi connectivity index (χ3v) is 8.55. The van der Waals surface area contributed by atoms with E-state index >= 15 is 0 Å². The molecule has 1 aromatic carbocycles. The second kappa shape index (κ2) is 38.6. The average molecular weight is 1030 g/mol. The smallest absolute Gasteiger partial charge is 0 e. The standard InChI is InChI=1S/C36H50N8O8S.3CO.Re/c37-51-52-53-32-15-13-29(14-16-32)41-34(46)26-44(28-36(49)50)22-21-43(27-35(47)48)25-33(45)40-19-7-3-1-2-4-10-20-42(23-30-11-5-8-17-38-30)24-31-12-6-9-18-39-31;3*1-2;/h5-6,8-9,11-18H,1-4,7,10,19-28,37H2,(H,40,45)(H,41,46)(H,47,48)(H,49,50);;;;. The summed E-state index contributed by atoms with van der Waals surface area (Å²) in [6.45, 7) is 15.3. The molecule has 3 rings (SSSR count). The predicted molar refractivity (Wildman–Crippen MR) is 211 cm³/mol. The minimum atomic E-state index is -1.15. The first-order valence-corrected chi connectivity index (χ1v) is 18.8. The van der Waals surface area contributed by atoms with Gasteiger partial charge in [0.25, 0.3) is 0 Å². The Morgan fingerprint density at radius 1 is 0.650 bits per heavy atom. The van der Waals surface area contributed by atoms with Gasteiger partial charge in [0.15, 0.2) is 0 Å². The number of carbonyl (C=O) groups is 4. The van der Waals surface area contributed by atoms with E-state index in [4.69, 9.17) is 19.9 Å². The first-order chi connectivity index (χ1) is 28.7. The molecule has 2 amide bonds. The van der Waals surface area contributed by atoms with Crippen molar-refractivity contribution >= 4 is 41.5 Å². The molecule has 0 bridgehead atoms. The molecule has 0 aliphatic rings. The van der Waals surface area contributed by atoms with Gasteiger partial charge in [0, 0.05) is 76.1 Å². The molecule has 0 spiro atoms. The summed E-state index contributed by atoms with van der Waals surface area (Å²) < 4.78 is 27.1. The topological polar surface area (TPSA) is 272 Å². The second-order valence-corrected chi connectivity index (χ2v) is 13.1. The van der Waals surface area contributed by atoms with Crippen molar-refractivity contribution in [2.24, 2.45) is 5.90 Å². The number of nitrogens with zero attached hydrogens (tertiary/aromatic N) is 5. The number of nitrogens with one attached hydrogen (secondary N) is 2. The fourth-order valence-corrected chi connectivity index (χ4v) is 5.82. The van der Waals surface area contributed by atoms with Crippen LogP contribution in [0, 0.1) is 20.0 Å². The van der Waals surface area contributed by atoms with Crippen molar-refractivity contribution in [2.45, 2.75) is 56.5 Å². The van der Waals surface area contributed by atoms with E-state index in [9.17, 15) is 29.4 Å². The molecule has 21 heteroatoms. The maximum Gasteiger partial charge on any atom is 0 e. The van der Waals surface area contributed by atoms with Crippen molar-refractivity contribution in [3.05, 3.63) is 104 Å². The van der Waals surface area contributed by atoms with E-state index in [1.807, 2.05) is 48.8 Å². The Morgan fingerprint density at radius 2 is 1.13 bits per heavy atom. The van der Waals surface area contributed by atoms with Crippen molar-refractivity contribution < 1.29 is 73.1 Å². The molecule has 6 N–H and O–H groups in total. The van der Waals surface area contributed by atoms with Crippen LogP contribution in [0.1, 0.15) is 49.9 Å². The van der Waals surface area contributed by atoms with Crippen molar-refractivity contribution in [3.8, 4) is 0 Å². The molecule has 0 fully saturated rings. The maximum atomic E-state index is 12.7. The van der Waals surface area contributed by atoms with E-state index in [2.05, 4.69) is 54.8 Å². The van der Waals surface area contributed by atoms with Crippen LogP contribution in [0.4, 0.5) is 5.69 Å². The van der Waals surface area contributed by atoms with Crippen LogP contribution in [0.3, 0.4) is 0 Å². The minimum absolute atomic E-state index is 0. The van der Waals surface area contributed by atoms with Gasteiger partial charge < -0.3 is 20.8 Å². The van der Waals surface area contributed by atoms with Gasteiger partial charge in [0.05, 0.1) is 49.6 Å². The third kappa shape index (κ3) is 29.6. The Bertz CT molecular complexity index is 1600. The predicted octanol–water partition coefficient (Wildman–Crippen LogP) is 3.06. The Morgan fingerprint density at radius 3 is 1.60 bits per heavy atom. The van der Waals surface area contributed by atoms with Gasteiger partial charge >= 0.3 is 45.8 Å². The number of pyridine rings is 2. The van der Waals surface area contributed by atoms with Crippen LogP contribution in [0.5, 0.6) is 0 Å². The number of hydrogen-bond acceptors (Lipinski definition) is 13. The molecule has 0 saturated heterocycles. The van der Waals surface area contributed by atoms with Gasteiger partial charge in [-0.15, -0.1) is 9.32 Å². The largest absolute Gasteiger partial charge is 0 e. The van der Waals surface area contributed by atoms with E-state index in [-0.39, 0.29) is 52.5 Å². The molecule has 60 heavy (non-hydrogen) atoms. The van der Waals surface area contributed by atoms with Crippen molar-refractivity contribution in [1.82, 2.24) is 30.0 Å². The number of unbranched alkanes of at least 4 members (excludes halogenated alkanes) is 5. The van der Waals surface area contributed by atoms with Crippen LogP contribution >= 0.6 is 12.0 Å². The molecule has 3 aromatic rings. The zero-order chi connectivity index (χ0) is 44.1. The Labute approximate surface area is 367 Å². The summed E-state index contributed by atoms with van der Waals surface area (Å²) in [5.41, 5.74) is 2.54. The van der Waals surface area contributed by atoms with Gasteiger partial charge in [0.1, 0.15) is 0 Å². The summed E-state index contributed by atoms with van der Waals surface area (Å²) in [6, 6.07) is 18.5. The number of nitrogens with two attached hydrogens (primary N) is 1. The second-order valence-electron chi connectivity index (χ2n) is 12.4. The fraction of sp³-hybridized carbons (Fsp3) is 0.410. The van der Waals surface area contributed by atoms with Gasteiger partial charge in [-0.3, -0.25) is 43.8 Å². The zero-order valence-electron chi connectivity index (χ0n) is 32.9. The number of amides is 2. The van der Waals surface area contributed by atoms with E-state index in [0.717, 1.165) is 81.6 Å². The van der Waals surface area contributed by atoms with Gasteiger partial charge in [-0.05, 0) is 67.9 Å².